The molecule has 0 spiro atoms. The van der Waals surface area contributed by atoms with E-state index in [0.29, 0.717) is 23.9 Å². The summed E-state index contributed by atoms with van der Waals surface area (Å²) in [5.74, 6) is 1.07. The number of aromatic nitrogens is 4. The second-order valence-electron chi connectivity index (χ2n) is 4.82. The molecule has 8 nitrogen and oxygen atoms in total. The third kappa shape index (κ3) is 3.51. The number of nitrogens with zero attached hydrogens (tertiary/aromatic N) is 3. The summed E-state index contributed by atoms with van der Waals surface area (Å²) in [5, 5.41) is 13.6. The molecule has 1 heterocycles. The van der Waals surface area contributed by atoms with Crippen molar-refractivity contribution in [3.05, 3.63) is 48.5 Å². The lowest BCUT2D eigenvalue weighted by molar-refractivity contribution is 0.340. The number of anilines is 1. The Bertz CT molecular complexity index is 891. The molecule has 0 amide bonds. The van der Waals surface area contributed by atoms with Gasteiger partial charge in [-0.1, -0.05) is 0 Å². The van der Waals surface area contributed by atoms with Crippen LogP contribution in [0.4, 0.5) is 5.69 Å². The molecule has 3 aromatic rings. The first kappa shape index (κ1) is 15.9. The number of hydrogen-bond donors (Lipinski definition) is 2. The van der Waals surface area contributed by atoms with E-state index in [1.54, 1.807) is 36.4 Å². The number of aromatic amines is 1. The average molecular weight is 345 g/mol. The number of nitrogens with one attached hydrogen (secondary N) is 2. The molecular formula is C15H15N5O3S. The second-order valence-corrected chi connectivity index (χ2v) is 6.51. The SMILES string of the molecule is CCOc1ccc(S(=O)(=O)Nc2ccc(-c3nn[nH]n3)cc2)cc1. The molecule has 0 aliphatic rings. The van der Waals surface area contributed by atoms with Crippen LogP contribution in [0.3, 0.4) is 0 Å². The molecule has 2 N–H and O–H groups in total. The summed E-state index contributed by atoms with van der Waals surface area (Å²) in [7, 11) is -3.67. The fraction of sp³-hybridized carbons (Fsp3) is 0.133. The van der Waals surface area contributed by atoms with Crippen molar-refractivity contribution in [3.63, 3.8) is 0 Å². The van der Waals surface area contributed by atoms with Crippen LogP contribution in [-0.2, 0) is 10.0 Å². The molecule has 124 valence electrons. The van der Waals surface area contributed by atoms with Gasteiger partial charge in [-0.3, -0.25) is 4.72 Å². The number of H-pyrrole nitrogens is 1. The van der Waals surface area contributed by atoms with Crippen LogP contribution in [0.5, 0.6) is 5.75 Å². The van der Waals surface area contributed by atoms with E-state index in [4.69, 9.17) is 4.74 Å². The monoisotopic (exact) mass is 345 g/mol. The van der Waals surface area contributed by atoms with E-state index >= 15 is 0 Å². The minimum absolute atomic E-state index is 0.160. The molecule has 0 atom stereocenters. The highest BCUT2D eigenvalue weighted by atomic mass is 32.2. The van der Waals surface area contributed by atoms with Crippen LogP contribution < -0.4 is 9.46 Å². The molecule has 9 heteroatoms. The number of sulfonamides is 1. The minimum atomic E-state index is -3.67. The maximum atomic E-state index is 12.4. The Morgan fingerprint density at radius 1 is 1.08 bits per heavy atom. The standard InChI is InChI=1S/C15H15N5O3S/c1-2-23-13-7-9-14(10-8-13)24(21,22)18-12-5-3-11(4-6-12)15-16-19-20-17-15/h3-10,18H,2H2,1H3,(H,16,17,19,20). The van der Waals surface area contributed by atoms with Gasteiger partial charge in [0.25, 0.3) is 10.0 Å². The molecule has 0 aliphatic carbocycles. The summed E-state index contributed by atoms with van der Waals surface area (Å²) in [5.41, 5.74) is 1.17. The Morgan fingerprint density at radius 2 is 1.79 bits per heavy atom. The van der Waals surface area contributed by atoms with Crippen molar-refractivity contribution in [3.8, 4) is 17.1 Å². The summed E-state index contributed by atoms with van der Waals surface area (Å²) in [6.07, 6.45) is 0. The van der Waals surface area contributed by atoms with Crippen molar-refractivity contribution >= 4 is 15.7 Å². The van der Waals surface area contributed by atoms with Gasteiger partial charge in [0.15, 0.2) is 0 Å². The number of benzene rings is 2. The summed E-state index contributed by atoms with van der Waals surface area (Å²) in [6, 6.07) is 12.9. The molecule has 0 aliphatic heterocycles. The van der Waals surface area contributed by atoms with Gasteiger partial charge < -0.3 is 4.74 Å². The van der Waals surface area contributed by atoms with E-state index in [0.717, 1.165) is 5.56 Å². The average Bonchev–Trinajstić information content (AvgIpc) is 3.10. The normalized spacial score (nSPS) is 11.2. The third-order valence-electron chi connectivity index (χ3n) is 3.19. The van der Waals surface area contributed by atoms with Crippen molar-refractivity contribution in [2.45, 2.75) is 11.8 Å². The van der Waals surface area contributed by atoms with Gasteiger partial charge in [0, 0.05) is 11.3 Å². The van der Waals surface area contributed by atoms with Crippen LogP contribution in [0.1, 0.15) is 6.92 Å². The fourth-order valence-corrected chi connectivity index (χ4v) is 3.13. The lowest BCUT2D eigenvalue weighted by Crippen LogP contribution is -2.12. The van der Waals surface area contributed by atoms with Crippen molar-refractivity contribution in [2.75, 3.05) is 11.3 Å². The first-order valence-electron chi connectivity index (χ1n) is 7.18. The van der Waals surface area contributed by atoms with Crippen molar-refractivity contribution in [1.82, 2.24) is 20.6 Å². The number of tetrazole rings is 1. The van der Waals surface area contributed by atoms with E-state index in [9.17, 15) is 8.42 Å². The topological polar surface area (TPSA) is 110 Å². The molecule has 3 rings (SSSR count). The van der Waals surface area contributed by atoms with E-state index in [1.807, 2.05) is 6.92 Å². The minimum Gasteiger partial charge on any atom is -0.494 e. The number of rotatable bonds is 6. The van der Waals surface area contributed by atoms with Gasteiger partial charge in [0.2, 0.25) is 5.82 Å². The Kier molecular flexibility index (Phi) is 4.43. The Balaban J connectivity index is 1.76. The van der Waals surface area contributed by atoms with Crippen LogP contribution in [0, 0.1) is 0 Å². The maximum absolute atomic E-state index is 12.4. The van der Waals surface area contributed by atoms with Crippen LogP contribution in [0.15, 0.2) is 53.4 Å². The number of ether oxygens (including phenoxy) is 1. The Labute approximate surface area is 138 Å². The largest absolute Gasteiger partial charge is 0.494 e. The zero-order valence-corrected chi connectivity index (χ0v) is 13.6. The van der Waals surface area contributed by atoms with Gasteiger partial charge >= 0.3 is 0 Å². The molecular weight excluding hydrogens is 330 g/mol. The van der Waals surface area contributed by atoms with Gasteiger partial charge in [-0.2, -0.15) is 5.21 Å². The second kappa shape index (κ2) is 6.67. The van der Waals surface area contributed by atoms with Crippen LogP contribution in [-0.4, -0.2) is 35.6 Å². The number of hydrogen-bond acceptors (Lipinski definition) is 6. The van der Waals surface area contributed by atoms with Crippen LogP contribution in [0.25, 0.3) is 11.4 Å². The molecule has 0 radical (unpaired) electrons. The fourth-order valence-electron chi connectivity index (χ4n) is 2.07. The highest BCUT2D eigenvalue weighted by Crippen LogP contribution is 2.21. The lowest BCUT2D eigenvalue weighted by Gasteiger charge is -2.09. The summed E-state index contributed by atoms with van der Waals surface area (Å²) in [4.78, 5) is 0.160. The van der Waals surface area contributed by atoms with Crippen molar-refractivity contribution in [2.24, 2.45) is 0 Å². The Hall–Kier alpha value is -2.94. The molecule has 0 bridgehead atoms. The maximum Gasteiger partial charge on any atom is 0.261 e. The highest BCUT2D eigenvalue weighted by molar-refractivity contribution is 7.92. The molecule has 24 heavy (non-hydrogen) atoms. The highest BCUT2D eigenvalue weighted by Gasteiger charge is 2.14. The van der Waals surface area contributed by atoms with Gasteiger partial charge in [0.05, 0.1) is 11.5 Å². The van der Waals surface area contributed by atoms with E-state index in [1.165, 1.54) is 12.1 Å². The first-order chi connectivity index (χ1) is 11.6. The van der Waals surface area contributed by atoms with E-state index in [-0.39, 0.29) is 4.90 Å². The molecule has 0 saturated heterocycles. The smallest absolute Gasteiger partial charge is 0.261 e. The lowest BCUT2D eigenvalue weighted by atomic mass is 10.2. The van der Waals surface area contributed by atoms with Crippen LogP contribution in [0.2, 0.25) is 0 Å². The van der Waals surface area contributed by atoms with Gasteiger partial charge in [-0.05, 0) is 60.7 Å². The zero-order chi connectivity index (χ0) is 17.0. The molecule has 0 saturated carbocycles. The zero-order valence-electron chi connectivity index (χ0n) is 12.8. The van der Waals surface area contributed by atoms with Crippen molar-refractivity contribution in [1.29, 1.82) is 0 Å². The van der Waals surface area contributed by atoms with Gasteiger partial charge in [0.1, 0.15) is 5.75 Å². The summed E-state index contributed by atoms with van der Waals surface area (Å²) >= 11 is 0. The molecule has 1 aromatic heterocycles. The summed E-state index contributed by atoms with van der Waals surface area (Å²) < 4.78 is 32.6. The van der Waals surface area contributed by atoms with E-state index < -0.39 is 10.0 Å². The molecule has 0 fully saturated rings. The first-order valence-corrected chi connectivity index (χ1v) is 8.66. The van der Waals surface area contributed by atoms with Gasteiger partial charge in [-0.15, -0.1) is 10.2 Å². The molecule has 2 aromatic carbocycles. The molecule has 0 unspecified atom stereocenters. The van der Waals surface area contributed by atoms with Crippen molar-refractivity contribution < 1.29 is 13.2 Å². The van der Waals surface area contributed by atoms with E-state index in [2.05, 4.69) is 25.3 Å². The van der Waals surface area contributed by atoms with Crippen LogP contribution >= 0.6 is 0 Å². The summed E-state index contributed by atoms with van der Waals surface area (Å²) in [6.45, 7) is 2.39. The van der Waals surface area contributed by atoms with Gasteiger partial charge in [-0.25, -0.2) is 8.42 Å². The quantitative estimate of drug-likeness (QED) is 0.708. The predicted octanol–water partition coefficient (Wildman–Crippen LogP) is 2.07. The Morgan fingerprint density at radius 3 is 2.38 bits per heavy atom. The third-order valence-corrected chi connectivity index (χ3v) is 4.58. The predicted molar refractivity (Wildman–Crippen MR) is 88.0 cm³/mol.